The number of alkyl halides is 2. The lowest BCUT2D eigenvalue weighted by Gasteiger charge is -2.09. The third-order valence-corrected chi connectivity index (χ3v) is 4.20. The van der Waals surface area contributed by atoms with Crippen LogP contribution >= 0.6 is 23.4 Å². The van der Waals surface area contributed by atoms with Crippen molar-refractivity contribution in [3.8, 4) is 0 Å². The van der Waals surface area contributed by atoms with Crippen LogP contribution in [0.1, 0.15) is 0 Å². The van der Waals surface area contributed by atoms with Crippen molar-refractivity contribution in [3.63, 3.8) is 0 Å². The van der Waals surface area contributed by atoms with Crippen LogP contribution in [0.4, 0.5) is 14.5 Å². The van der Waals surface area contributed by atoms with Gasteiger partial charge in [-0.05, 0) is 48.2 Å². The number of fused-ring (bicyclic) bond motifs is 1. The van der Waals surface area contributed by atoms with Gasteiger partial charge in [0, 0.05) is 10.7 Å². The van der Waals surface area contributed by atoms with Gasteiger partial charge in [-0.15, -0.1) is 0 Å². The van der Waals surface area contributed by atoms with Crippen molar-refractivity contribution in [2.75, 3.05) is 5.32 Å². The molecule has 24 heavy (non-hydrogen) atoms. The molecule has 1 heterocycles. The van der Waals surface area contributed by atoms with Crippen molar-refractivity contribution in [2.24, 2.45) is 0 Å². The van der Waals surface area contributed by atoms with E-state index in [2.05, 4.69) is 10.3 Å². The van der Waals surface area contributed by atoms with Crippen LogP contribution in [0.3, 0.4) is 0 Å². The first-order valence-corrected chi connectivity index (χ1v) is 8.24. The minimum Gasteiger partial charge on any atom is -0.325 e. The first-order valence-electron chi connectivity index (χ1n) is 6.98. The Hall–Kier alpha value is -2.12. The molecule has 0 spiro atoms. The zero-order valence-corrected chi connectivity index (χ0v) is 13.8. The minimum atomic E-state index is -2.61. The first kappa shape index (κ1) is 16.7. The number of nitrogens with zero attached hydrogens (tertiary/aromatic N) is 2. The predicted molar refractivity (Wildman–Crippen MR) is 91.7 cm³/mol. The number of hydrogen-bond donors (Lipinski definition) is 1. The molecule has 1 aromatic heterocycles. The molecule has 4 nitrogen and oxygen atoms in total. The number of imidazole rings is 1. The lowest BCUT2D eigenvalue weighted by atomic mass is 10.3. The van der Waals surface area contributed by atoms with Crippen molar-refractivity contribution < 1.29 is 13.6 Å². The molecule has 3 aromatic rings. The molecule has 0 aliphatic carbocycles. The lowest BCUT2D eigenvalue weighted by Crippen LogP contribution is -2.19. The van der Waals surface area contributed by atoms with Gasteiger partial charge in [-0.1, -0.05) is 23.7 Å². The van der Waals surface area contributed by atoms with Crippen LogP contribution in [0, 0.1) is 0 Å². The van der Waals surface area contributed by atoms with E-state index in [4.69, 9.17) is 11.6 Å². The van der Waals surface area contributed by atoms with Gasteiger partial charge in [0.05, 0.1) is 11.0 Å². The molecule has 0 unspecified atom stereocenters. The monoisotopic (exact) mass is 367 g/mol. The van der Waals surface area contributed by atoms with Gasteiger partial charge < -0.3 is 9.88 Å². The quantitative estimate of drug-likeness (QED) is 0.668. The SMILES string of the molecule is O=C(Cn1c(SC(F)F)nc2ccccc21)Nc1ccc(Cl)cc1. The molecule has 0 saturated carbocycles. The van der Waals surface area contributed by atoms with Gasteiger partial charge in [-0.25, -0.2) is 4.98 Å². The first-order chi connectivity index (χ1) is 11.5. The van der Waals surface area contributed by atoms with E-state index < -0.39 is 5.76 Å². The summed E-state index contributed by atoms with van der Waals surface area (Å²) in [7, 11) is 0. The molecule has 1 amide bonds. The van der Waals surface area contributed by atoms with Crippen LogP contribution in [0.5, 0.6) is 0 Å². The van der Waals surface area contributed by atoms with Crippen LogP contribution in [0.15, 0.2) is 53.7 Å². The van der Waals surface area contributed by atoms with Crippen molar-refractivity contribution in [3.05, 3.63) is 53.6 Å². The summed E-state index contributed by atoms with van der Waals surface area (Å²) in [6.45, 7) is -0.113. The van der Waals surface area contributed by atoms with Gasteiger partial charge >= 0.3 is 0 Å². The van der Waals surface area contributed by atoms with Gasteiger partial charge in [0.1, 0.15) is 6.54 Å². The Morgan fingerprint density at radius 3 is 2.62 bits per heavy atom. The van der Waals surface area contributed by atoms with Crippen molar-refractivity contribution in [1.29, 1.82) is 0 Å². The van der Waals surface area contributed by atoms with Gasteiger partial charge in [0.25, 0.3) is 5.76 Å². The zero-order chi connectivity index (χ0) is 17.1. The maximum atomic E-state index is 12.7. The van der Waals surface area contributed by atoms with E-state index in [0.717, 1.165) is 0 Å². The highest BCUT2D eigenvalue weighted by Crippen LogP contribution is 2.28. The number of rotatable bonds is 5. The number of hydrogen-bond acceptors (Lipinski definition) is 3. The normalized spacial score (nSPS) is 11.2. The number of aromatic nitrogens is 2. The summed E-state index contributed by atoms with van der Waals surface area (Å²) in [5.74, 6) is -2.95. The molecule has 0 saturated heterocycles. The Bertz CT molecular complexity index is 867. The molecule has 8 heteroatoms. The topological polar surface area (TPSA) is 46.9 Å². The number of thioether (sulfide) groups is 1. The lowest BCUT2D eigenvalue weighted by molar-refractivity contribution is -0.116. The average molecular weight is 368 g/mol. The van der Waals surface area contributed by atoms with E-state index in [1.54, 1.807) is 48.5 Å². The summed E-state index contributed by atoms with van der Waals surface area (Å²) in [6, 6.07) is 13.6. The zero-order valence-electron chi connectivity index (χ0n) is 12.2. The Labute approximate surface area is 145 Å². The molecule has 0 atom stereocenters. The predicted octanol–water partition coefficient (Wildman–Crippen LogP) is 4.64. The molecule has 3 rings (SSSR count). The number of nitrogens with one attached hydrogen (secondary N) is 1. The number of halogens is 3. The second kappa shape index (κ2) is 7.19. The summed E-state index contributed by atoms with van der Waals surface area (Å²) in [5, 5.41) is 3.38. The maximum absolute atomic E-state index is 12.7. The van der Waals surface area contributed by atoms with Crippen molar-refractivity contribution in [2.45, 2.75) is 17.5 Å². The molecule has 2 aromatic carbocycles. The number of benzene rings is 2. The summed E-state index contributed by atoms with van der Waals surface area (Å²) in [6.07, 6.45) is 0. The number of anilines is 1. The van der Waals surface area contributed by atoms with E-state index >= 15 is 0 Å². The number of amides is 1. The molecular formula is C16H12ClF2N3OS. The second-order valence-corrected chi connectivity index (χ2v) is 6.30. The fourth-order valence-corrected chi connectivity index (χ4v) is 2.98. The van der Waals surface area contributed by atoms with Crippen LogP contribution in [0.25, 0.3) is 11.0 Å². The molecule has 0 aliphatic rings. The summed E-state index contributed by atoms with van der Waals surface area (Å²) in [5.41, 5.74) is 1.78. The smallest absolute Gasteiger partial charge is 0.291 e. The summed E-state index contributed by atoms with van der Waals surface area (Å²) in [4.78, 5) is 16.4. The highest BCUT2D eigenvalue weighted by molar-refractivity contribution is 7.99. The number of para-hydroxylation sites is 2. The number of carbonyl (C=O) groups is 1. The molecule has 0 fully saturated rings. The fraction of sp³-hybridized carbons (Fsp3) is 0.125. The fourth-order valence-electron chi connectivity index (χ4n) is 2.25. The third kappa shape index (κ3) is 3.85. The van der Waals surface area contributed by atoms with Crippen LogP contribution in [-0.2, 0) is 11.3 Å². The third-order valence-electron chi connectivity index (χ3n) is 3.24. The van der Waals surface area contributed by atoms with Crippen LogP contribution < -0.4 is 5.32 Å². The largest absolute Gasteiger partial charge is 0.325 e. The molecule has 0 radical (unpaired) electrons. The molecule has 124 valence electrons. The molecule has 0 bridgehead atoms. The summed E-state index contributed by atoms with van der Waals surface area (Å²) < 4.78 is 27.0. The number of carbonyl (C=O) groups excluding carboxylic acids is 1. The van der Waals surface area contributed by atoms with Crippen LogP contribution in [0.2, 0.25) is 5.02 Å². The summed E-state index contributed by atoms with van der Waals surface area (Å²) >= 11 is 6.12. The Morgan fingerprint density at radius 2 is 1.92 bits per heavy atom. The molecule has 0 aliphatic heterocycles. The van der Waals surface area contributed by atoms with E-state index in [9.17, 15) is 13.6 Å². The van der Waals surface area contributed by atoms with E-state index in [-0.39, 0.29) is 17.6 Å². The van der Waals surface area contributed by atoms with E-state index in [1.807, 2.05) is 0 Å². The highest BCUT2D eigenvalue weighted by Gasteiger charge is 2.17. The Morgan fingerprint density at radius 1 is 1.21 bits per heavy atom. The second-order valence-electron chi connectivity index (χ2n) is 4.90. The Balaban J connectivity index is 1.85. The van der Waals surface area contributed by atoms with Gasteiger partial charge in [-0.2, -0.15) is 8.78 Å². The van der Waals surface area contributed by atoms with Crippen molar-refractivity contribution in [1.82, 2.24) is 9.55 Å². The van der Waals surface area contributed by atoms with Gasteiger partial charge in [-0.3, -0.25) is 4.79 Å². The van der Waals surface area contributed by atoms with Gasteiger partial charge in [0.15, 0.2) is 5.16 Å². The average Bonchev–Trinajstić information content (AvgIpc) is 2.86. The van der Waals surface area contributed by atoms with E-state index in [1.165, 1.54) is 4.57 Å². The van der Waals surface area contributed by atoms with Crippen molar-refractivity contribution >= 4 is 46.0 Å². The minimum absolute atomic E-state index is 0.109. The molecule has 1 N–H and O–H groups in total. The van der Waals surface area contributed by atoms with Crippen LogP contribution in [-0.4, -0.2) is 21.2 Å². The highest BCUT2D eigenvalue weighted by atomic mass is 35.5. The maximum Gasteiger partial charge on any atom is 0.291 e. The van der Waals surface area contributed by atoms with Gasteiger partial charge in [0.2, 0.25) is 5.91 Å². The standard InChI is InChI=1S/C16H12ClF2N3OS/c17-10-5-7-11(8-6-10)20-14(23)9-22-13-4-2-1-3-12(13)21-16(22)24-15(18)19/h1-8,15H,9H2,(H,20,23). The Kier molecular flexibility index (Phi) is 5.01. The van der Waals surface area contributed by atoms with E-state index in [0.29, 0.717) is 33.5 Å². The molecular weight excluding hydrogens is 356 g/mol.